The maximum absolute atomic E-state index is 12.6. The van der Waals surface area contributed by atoms with E-state index in [1.54, 1.807) is 14.2 Å². The SMILES string of the molecule is COCCOCCOC(=O)C(=Cc1ccc2ccccc2c1)C(=O)OCCOCCOC. The van der Waals surface area contributed by atoms with Gasteiger partial charge in [-0.15, -0.1) is 0 Å². The molecule has 0 spiro atoms. The van der Waals surface area contributed by atoms with Crippen molar-refractivity contribution >= 4 is 28.8 Å². The summed E-state index contributed by atoms with van der Waals surface area (Å²) in [7, 11) is 3.14. The van der Waals surface area contributed by atoms with Crippen molar-refractivity contribution in [1.82, 2.24) is 0 Å². The first-order valence-corrected chi connectivity index (χ1v) is 10.3. The predicted octanol–water partition coefficient (Wildman–Crippen LogP) is 2.64. The highest BCUT2D eigenvalue weighted by Crippen LogP contribution is 2.18. The second-order valence-electron chi connectivity index (χ2n) is 6.65. The van der Waals surface area contributed by atoms with Crippen LogP contribution in [0, 0.1) is 0 Å². The Bertz CT molecular complexity index is 847. The van der Waals surface area contributed by atoms with E-state index < -0.39 is 11.9 Å². The van der Waals surface area contributed by atoms with Gasteiger partial charge in [-0.25, -0.2) is 9.59 Å². The van der Waals surface area contributed by atoms with Crippen molar-refractivity contribution in [2.75, 3.05) is 67.1 Å². The lowest BCUT2D eigenvalue weighted by atomic mass is 10.0. The Hall–Kier alpha value is -2.78. The molecular formula is C24H30O8. The normalized spacial score (nSPS) is 10.7. The minimum Gasteiger partial charge on any atom is -0.459 e. The van der Waals surface area contributed by atoms with Crippen LogP contribution in [0.25, 0.3) is 16.8 Å². The minimum atomic E-state index is -0.779. The molecule has 0 aliphatic rings. The highest BCUT2D eigenvalue weighted by Gasteiger charge is 2.22. The largest absolute Gasteiger partial charge is 0.459 e. The van der Waals surface area contributed by atoms with Gasteiger partial charge in [0.1, 0.15) is 18.8 Å². The number of carbonyl (C=O) groups excluding carboxylic acids is 2. The fraction of sp³-hybridized carbons (Fsp3) is 0.417. The summed E-state index contributed by atoms with van der Waals surface area (Å²) in [6, 6.07) is 13.4. The number of benzene rings is 2. The van der Waals surface area contributed by atoms with Crippen LogP contribution in [0.15, 0.2) is 48.0 Å². The zero-order chi connectivity index (χ0) is 23.0. The van der Waals surface area contributed by atoms with Crippen molar-refractivity contribution in [2.24, 2.45) is 0 Å². The number of rotatable bonds is 15. The Morgan fingerprint density at radius 1 is 0.688 bits per heavy atom. The molecule has 0 saturated heterocycles. The zero-order valence-electron chi connectivity index (χ0n) is 18.5. The first kappa shape index (κ1) is 25.5. The molecule has 0 bridgehead atoms. The number of ether oxygens (including phenoxy) is 6. The molecule has 0 N–H and O–H groups in total. The summed E-state index contributed by atoms with van der Waals surface area (Å²) in [5, 5.41) is 2.04. The van der Waals surface area contributed by atoms with E-state index in [1.807, 2.05) is 42.5 Å². The Labute approximate surface area is 188 Å². The van der Waals surface area contributed by atoms with Gasteiger partial charge in [0, 0.05) is 14.2 Å². The lowest BCUT2D eigenvalue weighted by molar-refractivity contribution is -0.148. The standard InChI is InChI=1S/C24H30O8/c1-27-9-11-29-13-15-31-23(25)22(24(26)32-16-14-30-12-10-28-2)18-19-7-8-20-5-3-4-6-21(20)17-19/h3-8,17-18H,9-16H2,1-2H3. The van der Waals surface area contributed by atoms with E-state index in [1.165, 1.54) is 6.08 Å². The molecular weight excluding hydrogens is 416 g/mol. The third-order valence-electron chi connectivity index (χ3n) is 4.31. The predicted molar refractivity (Wildman–Crippen MR) is 119 cm³/mol. The number of fused-ring (bicyclic) bond motifs is 1. The Balaban J connectivity index is 2.04. The fourth-order valence-corrected chi connectivity index (χ4v) is 2.70. The van der Waals surface area contributed by atoms with Crippen molar-refractivity contribution in [3.05, 3.63) is 53.6 Å². The topological polar surface area (TPSA) is 89.5 Å². The van der Waals surface area contributed by atoms with Gasteiger partial charge in [0.15, 0.2) is 0 Å². The van der Waals surface area contributed by atoms with E-state index in [4.69, 9.17) is 28.4 Å². The van der Waals surface area contributed by atoms with Gasteiger partial charge < -0.3 is 28.4 Å². The number of hydrogen-bond donors (Lipinski definition) is 0. The van der Waals surface area contributed by atoms with Crippen LogP contribution in [0.4, 0.5) is 0 Å². The second kappa shape index (κ2) is 15.1. The Morgan fingerprint density at radius 2 is 1.22 bits per heavy atom. The summed E-state index contributed by atoms with van der Waals surface area (Å²) < 4.78 is 30.7. The molecule has 2 aromatic rings. The first-order valence-electron chi connectivity index (χ1n) is 10.3. The van der Waals surface area contributed by atoms with Gasteiger partial charge in [0.2, 0.25) is 0 Å². The monoisotopic (exact) mass is 446 g/mol. The van der Waals surface area contributed by atoms with Crippen LogP contribution in [-0.4, -0.2) is 79.0 Å². The third kappa shape index (κ3) is 9.15. The van der Waals surface area contributed by atoms with E-state index in [0.29, 0.717) is 32.0 Å². The zero-order valence-corrected chi connectivity index (χ0v) is 18.5. The maximum atomic E-state index is 12.6. The molecule has 0 saturated carbocycles. The summed E-state index contributed by atoms with van der Waals surface area (Å²) in [4.78, 5) is 25.2. The maximum Gasteiger partial charge on any atom is 0.345 e. The smallest absolute Gasteiger partial charge is 0.345 e. The van der Waals surface area contributed by atoms with Gasteiger partial charge in [0.25, 0.3) is 0 Å². The molecule has 0 aliphatic carbocycles. The summed E-state index contributed by atoms with van der Waals surface area (Å²) in [5.41, 5.74) is 0.481. The van der Waals surface area contributed by atoms with Crippen LogP contribution in [0.5, 0.6) is 0 Å². The van der Waals surface area contributed by atoms with Crippen molar-refractivity contribution in [3.8, 4) is 0 Å². The highest BCUT2D eigenvalue weighted by molar-refractivity contribution is 6.17. The van der Waals surface area contributed by atoms with Crippen LogP contribution in [-0.2, 0) is 38.0 Å². The molecule has 0 unspecified atom stereocenters. The fourth-order valence-electron chi connectivity index (χ4n) is 2.70. The van der Waals surface area contributed by atoms with Crippen LogP contribution in [0.2, 0.25) is 0 Å². The quantitative estimate of drug-likeness (QED) is 0.136. The Morgan fingerprint density at radius 3 is 1.78 bits per heavy atom. The third-order valence-corrected chi connectivity index (χ3v) is 4.31. The number of methoxy groups -OCH3 is 2. The molecule has 0 aliphatic heterocycles. The van der Waals surface area contributed by atoms with Gasteiger partial charge in [0.05, 0.1) is 39.6 Å². The molecule has 8 nitrogen and oxygen atoms in total. The number of carbonyl (C=O) groups is 2. The van der Waals surface area contributed by atoms with Crippen LogP contribution < -0.4 is 0 Å². The van der Waals surface area contributed by atoms with E-state index >= 15 is 0 Å². The van der Waals surface area contributed by atoms with E-state index in [-0.39, 0.29) is 32.0 Å². The molecule has 0 fully saturated rings. The molecule has 0 atom stereocenters. The van der Waals surface area contributed by atoms with Crippen molar-refractivity contribution in [3.63, 3.8) is 0 Å². The van der Waals surface area contributed by atoms with Gasteiger partial charge in [-0.3, -0.25) is 0 Å². The van der Waals surface area contributed by atoms with E-state index in [0.717, 1.165) is 10.8 Å². The summed E-state index contributed by atoms with van der Waals surface area (Å²) >= 11 is 0. The van der Waals surface area contributed by atoms with Crippen LogP contribution >= 0.6 is 0 Å². The molecule has 174 valence electrons. The molecule has 2 aromatic carbocycles. The summed E-state index contributed by atoms with van der Waals surface area (Å²) in [5.74, 6) is -1.56. The molecule has 8 heteroatoms. The molecule has 0 amide bonds. The van der Waals surface area contributed by atoms with Gasteiger partial charge in [-0.2, -0.15) is 0 Å². The minimum absolute atomic E-state index is 0.00498. The molecule has 0 radical (unpaired) electrons. The summed E-state index contributed by atoms with van der Waals surface area (Å²) in [6.07, 6.45) is 1.47. The average Bonchev–Trinajstić information content (AvgIpc) is 2.81. The number of esters is 2. The van der Waals surface area contributed by atoms with Gasteiger partial charge >= 0.3 is 11.9 Å². The lowest BCUT2D eigenvalue weighted by Crippen LogP contribution is -2.22. The van der Waals surface area contributed by atoms with E-state index in [9.17, 15) is 9.59 Å². The second-order valence-corrected chi connectivity index (χ2v) is 6.65. The van der Waals surface area contributed by atoms with Crippen LogP contribution in [0.3, 0.4) is 0 Å². The molecule has 2 rings (SSSR count). The summed E-state index contributed by atoms with van der Waals surface area (Å²) in [6.45, 7) is 2.06. The van der Waals surface area contributed by atoms with Crippen LogP contribution in [0.1, 0.15) is 5.56 Å². The van der Waals surface area contributed by atoms with Gasteiger partial charge in [-0.05, 0) is 28.5 Å². The van der Waals surface area contributed by atoms with Crippen molar-refractivity contribution in [1.29, 1.82) is 0 Å². The highest BCUT2D eigenvalue weighted by atomic mass is 16.6. The first-order chi connectivity index (χ1) is 15.7. The molecule has 0 heterocycles. The Kier molecular flexibility index (Phi) is 12.0. The molecule has 32 heavy (non-hydrogen) atoms. The molecule has 0 aromatic heterocycles. The average molecular weight is 446 g/mol. The van der Waals surface area contributed by atoms with E-state index in [2.05, 4.69) is 0 Å². The van der Waals surface area contributed by atoms with Gasteiger partial charge in [-0.1, -0.05) is 36.4 Å². The van der Waals surface area contributed by atoms with Crippen molar-refractivity contribution in [2.45, 2.75) is 0 Å². The lowest BCUT2D eigenvalue weighted by Gasteiger charge is -2.10. The van der Waals surface area contributed by atoms with Crippen molar-refractivity contribution < 1.29 is 38.0 Å². The number of hydrogen-bond acceptors (Lipinski definition) is 8.